The number of sulfonamides is 1. The van der Waals surface area contributed by atoms with Crippen molar-refractivity contribution in [2.75, 3.05) is 25.0 Å². The molecule has 8 nitrogen and oxygen atoms in total. The van der Waals surface area contributed by atoms with Gasteiger partial charge in [-0.2, -0.15) is 0 Å². The van der Waals surface area contributed by atoms with E-state index in [1.807, 2.05) is 19.1 Å². The maximum absolute atomic E-state index is 12.5. The van der Waals surface area contributed by atoms with Gasteiger partial charge >= 0.3 is 0 Å². The Kier molecular flexibility index (Phi) is 6.95. The number of fused-ring (bicyclic) bond motifs is 1. The standard InChI is InChI=1S/C22H25N5O3S2/c1-16-7-2-5-10-19(16)20(28)24-21-25-26-22(31-21)32(29,30)23-12-6-13-27-14-11-17-8-3-4-9-18(17)15-27/h2-5,7-10,23H,6,11-15H2,1H3,(H,24,25,28). The molecule has 10 heteroatoms. The summed E-state index contributed by atoms with van der Waals surface area (Å²) >= 11 is 0.832. The Labute approximate surface area is 191 Å². The highest BCUT2D eigenvalue weighted by molar-refractivity contribution is 7.91. The van der Waals surface area contributed by atoms with Gasteiger partial charge in [0.2, 0.25) is 9.47 Å². The normalized spacial score (nSPS) is 14.2. The van der Waals surface area contributed by atoms with Crippen LogP contribution in [0.2, 0.25) is 0 Å². The minimum absolute atomic E-state index is 0.144. The SMILES string of the molecule is Cc1ccccc1C(=O)Nc1nnc(S(=O)(=O)NCCCN2CCc3ccccc3C2)s1. The second-order valence-electron chi connectivity index (χ2n) is 7.69. The summed E-state index contributed by atoms with van der Waals surface area (Å²) in [5.74, 6) is -0.348. The van der Waals surface area contributed by atoms with Crippen molar-refractivity contribution in [2.45, 2.75) is 30.6 Å². The molecule has 0 saturated carbocycles. The van der Waals surface area contributed by atoms with Crippen molar-refractivity contribution >= 4 is 32.4 Å². The van der Waals surface area contributed by atoms with E-state index in [9.17, 15) is 13.2 Å². The van der Waals surface area contributed by atoms with Crippen LogP contribution in [0.3, 0.4) is 0 Å². The molecule has 1 aliphatic rings. The van der Waals surface area contributed by atoms with E-state index in [-0.39, 0.29) is 15.4 Å². The molecule has 3 aromatic rings. The van der Waals surface area contributed by atoms with E-state index in [1.54, 1.807) is 12.1 Å². The number of hydrogen-bond acceptors (Lipinski definition) is 7. The summed E-state index contributed by atoms with van der Waals surface area (Å²) in [5, 5.41) is 10.3. The Hall–Kier alpha value is -2.66. The number of anilines is 1. The summed E-state index contributed by atoms with van der Waals surface area (Å²) in [6.45, 7) is 4.82. The lowest BCUT2D eigenvalue weighted by Crippen LogP contribution is -2.33. The molecule has 2 N–H and O–H groups in total. The van der Waals surface area contributed by atoms with Gasteiger partial charge in [-0.3, -0.25) is 15.0 Å². The van der Waals surface area contributed by atoms with Gasteiger partial charge in [-0.15, -0.1) is 10.2 Å². The summed E-state index contributed by atoms with van der Waals surface area (Å²) in [5.41, 5.74) is 4.06. The molecular weight excluding hydrogens is 446 g/mol. The number of aryl methyl sites for hydroxylation is 1. The summed E-state index contributed by atoms with van der Waals surface area (Å²) in [7, 11) is -3.77. The summed E-state index contributed by atoms with van der Waals surface area (Å²) in [6, 6.07) is 15.6. The lowest BCUT2D eigenvalue weighted by molar-refractivity contribution is 0.102. The van der Waals surface area contributed by atoms with Crippen molar-refractivity contribution in [1.82, 2.24) is 19.8 Å². The first-order valence-electron chi connectivity index (χ1n) is 10.4. The minimum atomic E-state index is -3.77. The van der Waals surface area contributed by atoms with Crippen LogP contribution in [-0.2, 0) is 23.0 Å². The van der Waals surface area contributed by atoms with E-state index < -0.39 is 10.0 Å². The molecule has 0 unspecified atom stereocenters. The number of amides is 1. The summed E-state index contributed by atoms with van der Waals surface area (Å²) in [6.07, 6.45) is 1.71. The molecule has 1 aromatic heterocycles. The second-order valence-corrected chi connectivity index (χ2v) is 10.6. The average molecular weight is 472 g/mol. The van der Waals surface area contributed by atoms with E-state index in [4.69, 9.17) is 0 Å². The second kappa shape index (κ2) is 9.86. The number of aromatic nitrogens is 2. The van der Waals surface area contributed by atoms with Gasteiger partial charge in [-0.25, -0.2) is 13.1 Å². The van der Waals surface area contributed by atoms with Crippen LogP contribution in [-0.4, -0.2) is 49.1 Å². The van der Waals surface area contributed by atoms with Gasteiger partial charge < -0.3 is 0 Å². The van der Waals surface area contributed by atoms with Gasteiger partial charge in [0.25, 0.3) is 15.9 Å². The number of rotatable bonds is 8. The molecule has 0 aliphatic carbocycles. The van der Waals surface area contributed by atoms with Crippen LogP contribution in [0.25, 0.3) is 0 Å². The number of benzene rings is 2. The van der Waals surface area contributed by atoms with Crippen LogP contribution in [0.4, 0.5) is 5.13 Å². The fourth-order valence-corrected chi connectivity index (χ4v) is 5.69. The van der Waals surface area contributed by atoms with Crippen LogP contribution in [0.1, 0.15) is 33.5 Å². The van der Waals surface area contributed by atoms with E-state index in [2.05, 4.69) is 49.4 Å². The molecule has 1 amide bonds. The maximum atomic E-state index is 12.5. The third-order valence-electron chi connectivity index (χ3n) is 5.40. The predicted molar refractivity (Wildman–Crippen MR) is 124 cm³/mol. The topological polar surface area (TPSA) is 104 Å². The average Bonchev–Trinajstić information content (AvgIpc) is 3.26. The smallest absolute Gasteiger partial charge is 0.269 e. The molecule has 0 atom stereocenters. The number of carbonyl (C=O) groups excluding carboxylic acids is 1. The fourth-order valence-electron chi connectivity index (χ4n) is 3.68. The van der Waals surface area contributed by atoms with Crippen LogP contribution in [0.15, 0.2) is 52.9 Å². The zero-order valence-corrected chi connectivity index (χ0v) is 19.4. The quantitative estimate of drug-likeness (QED) is 0.387. The minimum Gasteiger partial charge on any atom is -0.299 e. The molecule has 2 heterocycles. The molecule has 0 radical (unpaired) electrons. The maximum Gasteiger partial charge on any atom is 0.269 e. The molecule has 0 bridgehead atoms. The van der Waals surface area contributed by atoms with Gasteiger partial charge in [0.1, 0.15) is 0 Å². The van der Waals surface area contributed by atoms with Gasteiger partial charge in [-0.05, 0) is 49.1 Å². The third kappa shape index (κ3) is 5.39. The fraction of sp³-hybridized carbons (Fsp3) is 0.318. The number of carbonyl (C=O) groups is 1. The van der Waals surface area contributed by atoms with Crippen LogP contribution in [0, 0.1) is 6.92 Å². The number of nitrogens with zero attached hydrogens (tertiary/aromatic N) is 3. The molecule has 0 spiro atoms. The van der Waals surface area contributed by atoms with Crippen LogP contribution < -0.4 is 10.0 Å². The highest BCUT2D eigenvalue weighted by Crippen LogP contribution is 2.21. The van der Waals surface area contributed by atoms with Crippen molar-refractivity contribution in [2.24, 2.45) is 0 Å². The molecule has 4 rings (SSSR count). The molecule has 2 aromatic carbocycles. The zero-order valence-electron chi connectivity index (χ0n) is 17.7. The van der Waals surface area contributed by atoms with Crippen molar-refractivity contribution in [3.8, 4) is 0 Å². The van der Waals surface area contributed by atoms with E-state index >= 15 is 0 Å². The van der Waals surface area contributed by atoms with E-state index in [0.717, 1.165) is 43.0 Å². The summed E-state index contributed by atoms with van der Waals surface area (Å²) in [4.78, 5) is 14.7. The van der Waals surface area contributed by atoms with Crippen molar-refractivity contribution in [3.05, 3.63) is 70.8 Å². The highest BCUT2D eigenvalue weighted by atomic mass is 32.2. The van der Waals surface area contributed by atoms with Gasteiger partial charge in [-0.1, -0.05) is 53.8 Å². The third-order valence-corrected chi connectivity index (χ3v) is 8.07. The van der Waals surface area contributed by atoms with Gasteiger partial charge in [0, 0.05) is 25.2 Å². The Morgan fingerprint density at radius 1 is 1.09 bits per heavy atom. The first-order chi connectivity index (χ1) is 15.4. The van der Waals surface area contributed by atoms with E-state index in [1.165, 1.54) is 11.1 Å². The lowest BCUT2D eigenvalue weighted by Gasteiger charge is -2.28. The number of nitrogens with one attached hydrogen (secondary N) is 2. The molecule has 168 valence electrons. The molecular formula is C22H25N5O3S2. The van der Waals surface area contributed by atoms with Crippen molar-refractivity contribution < 1.29 is 13.2 Å². The van der Waals surface area contributed by atoms with Gasteiger partial charge in [0.05, 0.1) is 0 Å². The number of hydrogen-bond donors (Lipinski definition) is 2. The molecule has 32 heavy (non-hydrogen) atoms. The van der Waals surface area contributed by atoms with Crippen molar-refractivity contribution in [1.29, 1.82) is 0 Å². The van der Waals surface area contributed by atoms with Gasteiger partial charge in [0.15, 0.2) is 0 Å². The monoisotopic (exact) mass is 471 g/mol. The van der Waals surface area contributed by atoms with Crippen LogP contribution in [0.5, 0.6) is 0 Å². The zero-order chi connectivity index (χ0) is 22.6. The van der Waals surface area contributed by atoms with Crippen LogP contribution >= 0.6 is 11.3 Å². The first-order valence-corrected chi connectivity index (χ1v) is 12.7. The molecule has 1 aliphatic heterocycles. The highest BCUT2D eigenvalue weighted by Gasteiger charge is 2.21. The molecule has 0 saturated heterocycles. The first kappa shape index (κ1) is 22.5. The Morgan fingerprint density at radius 3 is 2.66 bits per heavy atom. The van der Waals surface area contributed by atoms with E-state index in [0.29, 0.717) is 18.5 Å². The predicted octanol–water partition coefficient (Wildman–Crippen LogP) is 2.83. The summed E-state index contributed by atoms with van der Waals surface area (Å²) < 4.78 is 27.5. The largest absolute Gasteiger partial charge is 0.299 e. The molecule has 0 fully saturated rings. The Balaban J connectivity index is 1.27. The Bertz CT molecular complexity index is 1210. The van der Waals surface area contributed by atoms with Crippen molar-refractivity contribution in [3.63, 3.8) is 0 Å². The Morgan fingerprint density at radius 2 is 1.84 bits per heavy atom. The lowest BCUT2D eigenvalue weighted by atomic mass is 10.00.